The van der Waals surface area contributed by atoms with Crippen LogP contribution in [0.3, 0.4) is 0 Å². The zero-order chi connectivity index (χ0) is 22.0. The van der Waals surface area contributed by atoms with E-state index in [1.54, 1.807) is 16.9 Å². The zero-order valence-corrected chi connectivity index (χ0v) is 18.4. The van der Waals surface area contributed by atoms with Crippen molar-refractivity contribution in [2.45, 2.75) is 26.3 Å². The lowest BCUT2D eigenvalue weighted by Gasteiger charge is -2.20. The Morgan fingerprint density at radius 2 is 2.06 bits per heavy atom. The Kier molecular flexibility index (Phi) is 6.06. The smallest absolute Gasteiger partial charge is 0.239 e. The Bertz CT molecular complexity index is 1060. The average molecular weight is 421 g/mol. The van der Waals surface area contributed by atoms with Crippen molar-refractivity contribution in [1.29, 1.82) is 0 Å². The summed E-state index contributed by atoms with van der Waals surface area (Å²) in [4.78, 5) is 30.7. The van der Waals surface area contributed by atoms with Crippen LogP contribution in [0.5, 0.6) is 0 Å². The summed E-state index contributed by atoms with van der Waals surface area (Å²) >= 11 is 0. The molecule has 0 saturated carbocycles. The van der Waals surface area contributed by atoms with E-state index in [1.807, 2.05) is 38.1 Å². The van der Waals surface area contributed by atoms with E-state index in [0.717, 1.165) is 30.9 Å². The second-order valence-corrected chi connectivity index (χ2v) is 8.18. The van der Waals surface area contributed by atoms with Gasteiger partial charge in [-0.25, -0.2) is 14.6 Å². The number of hydrogen-bond acceptors (Lipinski definition) is 7. The van der Waals surface area contributed by atoms with Gasteiger partial charge >= 0.3 is 0 Å². The summed E-state index contributed by atoms with van der Waals surface area (Å²) in [5.41, 5.74) is 2.48. The van der Waals surface area contributed by atoms with E-state index >= 15 is 0 Å². The first kappa shape index (κ1) is 21.1. The summed E-state index contributed by atoms with van der Waals surface area (Å²) < 4.78 is 1.75. The van der Waals surface area contributed by atoms with E-state index in [-0.39, 0.29) is 5.91 Å². The molecular formula is C22H28N8O. The minimum atomic E-state index is -0.0932. The molecule has 3 aromatic heterocycles. The molecule has 1 saturated heterocycles. The highest BCUT2D eigenvalue weighted by molar-refractivity contribution is 5.91. The van der Waals surface area contributed by atoms with Crippen LogP contribution in [0, 0.1) is 13.8 Å². The van der Waals surface area contributed by atoms with Crippen LogP contribution >= 0.6 is 0 Å². The molecule has 162 valence electrons. The molecule has 9 heteroatoms. The molecule has 1 unspecified atom stereocenters. The van der Waals surface area contributed by atoms with Crippen molar-refractivity contribution in [2.24, 2.45) is 0 Å². The van der Waals surface area contributed by atoms with Gasteiger partial charge in [0.25, 0.3) is 0 Å². The molecule has 0 bridgehead atoms. The minimum Gasteiger partial charge on any atom is -0.309 e. The average Bonchev–Trinajstić information content (AvgIpc) is 3.34. The highest BCUT2D eigenvalue weighted by atomic mass is 16.2. The molecule has 1 amide bonds. The Balaban J connectivity index is 1.58. The Morgan fingerprint density at radius 1 is 1.23 bits per heavy atom. The Morgan fingerprint density at radius 3 is 2.71 bits per heavy atom. The molecule has 0 spiro atoms. The number of pyridine rings is 1. The lowest BCUT2D eigenvalue weighted by Crippen LogP contribution is -2.35. The molecule has 9 nitrogen and oxygen atoms in total. The van der Waals surface area contributed by atoms with Gasteiger partial charge in [0.2, 0.25) is 5.91 Å². The standard InChI is InChI=1S/C22H28N8O/c1-15-11-16(2)30(27-15)20-12-19(25-22(26-20)18-7-5-6-9-23-18)24-21(31)14-29-10-8-17(13-29)28(3)4/h5-7,9,11-12,17H,8,10,13-14H2,1-4H3,(H,24,25,26,31). The first-order valence-electron chi connectivity index (χ1n) is 10.4. The maximum Gasteiger partial charge on any atom is 0.239 e. The minimum absolute atomic E-state index is 0.0932. The molecular weight excluding hydrogens is 392 g/mol. The summed E-state index contributed by atoms with van der Waals surface area (Å²) in [5.74, 6) is 1.37. The van der Waals surface area contributed by atoms with Crippen molar-refractivity contribution in [3.8, 4) is 17.3 Å². The number of rotatable bonds is 6. The predicted octanol–water partition coefficient (Wildman–Crippen LogP) is 1.92. The first-order valence-corrected chi connectivity index (χ1v) is 10.4. The van der Waals surface area contributed by atoms with Gasteiger partial charge in [0.15, 0.2) is 11.6 Å². The van der Waals surface area contributed by atoms with Crippen molar-refractivity contribution in [3.05, 3.63) is 47.9 Å². The van der Waals surface area contributed by atoms with Crippen molar-refractivity contribution < 1.29 is 4.79 Å². The van der Waals surface area contributed by atoms with Gasteiger partial charge in [-0.1, -0.05) is 6.07 Å². The highest BCUT2D eigenvalue weighted by Gasteiger charge is 2.25. The van der Waals surface area contributed by atoms with Crippen LogP contribution in [-0.2, 0) is 4.79 Å². The SMILES string of the molecule is Cc1cc(C)n(-c2cc(NC(=O)CN3CCC(N(C)C)C3)nc(-c3ccccn3)n2)n1. The van der Waals surface area contributed by atoms with Crippen LogP contribution in [0.15, 0.2) is 36.5 Å². The number of amides is 1. The second kappa shape index (κ2) is 8.91. The van der Waals surface area contributed by atoms with Crippen LogP contribution in [0.4, 0.5) is 5.82 Å². The number of aryl methyl sites for hydroxylation is 2. The Labute approximate surface area is 182 Å². The van der Waals surface area contributed by atoms with Crippen molar-refractivity contribution >= 4 is 11.7 Å². The number of carbonyl (C=O) groups excluding carboxylic acids is 1. The number of carbonyl (C=O) groups is 1. The van der Waals surface area contributed by atoms with Gasteiger partial charge in [-0.05, 0) is 52.6 Å². The van der Waals surface area contributed by atoms with E-state index in [1.165, 1.54) is 0 Å². The van der Waals surface area contributed by atoms with E-state index in [2.05, 4.69) is 49.3 Å². The predicted molar refractivity (Wildman–Crippen MR) is 119 cm³/mol. The molecule has 1 atom stereocenters. The quantitative estimate of drug-likeness (QED) is 0.651. The van der Waals surface area contributed by atoms with Crippen LogP contribution < -0.4 is 5.32 Å². The van der Waals surface area contributed by atoms with Gasteiger partial charge in [-0.15, -0.1) is 0 Å². The van der Waals surface area contributed by atoms with Crippen molar-refractivity contribution in [2.75, 3.05) is 39.0 Å². The number of aromatic nitrogens is 5. The van der Waals surface area contributed by atoms with E-state index < -0.39 is 0 Å². The van der Waals surface area contributed by atoms with Crippen LogP contribution in [0.2, 0.25) is 0 Å². The fourth-order valence-corrected chi connectivity index (χ4v) is 3.84. The third kappa shape index (κ3) is 4.95. The second-order valence-electron chi connectivity index (χ2n) is 8.18. The first-order chi connectivity index (χ1) is 14.9. The molecule has 0 aliphatic carbocycles. The van der Waals surface area contributed by atoms with E-state index in [9.17, 15) is 4.79 Å². The Hall–Kier alpha value is -3.17. The van der Waals surface area contributed by atoms with Gasteiger partial charge in [0.1, 0.15) is 11.5 Å². The fourth-order valence-electron chi connectivity index (χ4n) is 3.84. The van der Waals surface area contributed by atoms with Gasteiger partial charge in [-0.3, -0.25) is 14.7 Å². The van der Waals surface area contributed by atoms with Crippen molar-refractivity contribution in [3.63, 3.8) is 0 Å². The maximum absolute atomic E-state index is 12.7. The van der Waals surface area contributed by atoms with Gasteiger partial charge in [0, 0.05) is 37.1 Å². The number of hydrogen-bond donors (Lipinski definition) is 1. The third-order valence-electron chi connectivity index (χ3n) is 5.45. The summed E-state index contributed by atoms with van der Waals surface area (Å²) in [6, 6.07) is 9.78. The monoisotopic (exact) mass is 420 g/mol. The molecule has 0 radical (unpaired) electrons. The molecule has 0 aromatic carbocycles. The maximum atomic E-state index is 12.7. The van der Waals surface area contributed by atoms with Gasteiger partial charge in [-0.2, -0.15) is 5.10 Å². The van der Waals surface area contributed by atoms with Crippen molar-refractivity contribution in [1.82, 2.24) is 34.5 Å². The number of likely N-dealkylation sites (tertiary alicyclic amines) is 1. The summed E-state index contributed by atoms with van der Waals surface area (Å²) in [5, 5.41) is 7.47. The molecule has 1 fully saturated rings. The molecule has 1 aliphatic rings. The van der Waals surface area contributed by atoms with Crippen LogP contribution in [0.1, 0.15) is 17.8 Å². The molecule has 1 N–H and O–H groups in total. The number of nitrogens with zero attached hydrogens (tertiary/aromatic N) is 7. The van der Waals surface area contributed by atoms with E-state index in [0.29, 0.717) is 35.7 Å². The summed E-state index contributed by atoms with van der Waals surface area (Å²) in [6.45, 7) is 6.04. The molecule has 31 heavy (non-hydrogen) atoms. The third-order valence-corrected chi connectivity index (χ3v) is 5.45. The lowest BCUT2D eigenvalue weighted by molar-refractivity contribution is -0.117. The normalized spacial score (nSPS) is 16.7. The zero-order valence-electron chi connectivity index (χ0n) is 18.4. The molecule has 1 aliphatic heterocycles. The van der Waals surface area contributed by atoms with Gasteiger partial charge < -0.3 is 10.2 Å². The number of likely N-dealkylation sites (N-methyl/N-ethyl adjacent to an activating group) is 1. The largest absolute Gasteiger partial charge is 0.309 e. The van der Waals surface area contributed by atoms with Gasteiger partial charge in [0.05, 0.1) is 12.2 Å². The summed E-state index contributed by atoms with van der Waals surface area (Å²) in [7, 11) is 4.16. The molecule has 3 aromatic rings. The summed E-state index contributed by atoms with van der Waals surface area (Å²) in [6.07, 6.45) is 2.77. The van der Waals surface area contributed by atoms with E-state index in [4.69, 9.17) is 0 Å². The number of nitrogens with one attached hydrogen (secondary N) is 1. The van der Waals surface area contributed by atoms with Crippen LogP contribution in [-0.4, -0.2) is 80.2 Å². The van der Waals surface area contributed by atoms with Crippen LogP contribution in [0.25, 0.3) is 17.3 Å². The lowest BCUT2D eigenvalue weighted by atomic mass is 10.2. The highest BCUT2D eigenvalue weighted by Crippen LogP contribution is 2.20. The fraction of sp³-hybridized carbons (Fsp3) is 0.409. The molecule has 4 rings (SSSR count). The number of anilines is 1. The molecule has 4 heterocycles. The topological polar surface area (TPSA) is 92.1 Å².